The number of rotatable bonds is 6. The summed E-state index contributed by atoms with van der Waals surface area (Å²) in [5, 5.41) is 0. The molecule has 1 fully saturated rings. The molecule has 1 aliphatic heterocycles. The summed E-state index contributed by atoms with van der Waals surface area (Å²) in [5.74, 6) is 2.02. The van der Waals surface area contributed by atoms with Crippen LogP contribution in [0.2, 0.25) is 0 Å². The van der Waals surface area contributed by atoms with Crippen LogP contribution >= 0.6 is 11.6 Å². The first-order chi connectivity index (χ1) is 11.7. The fraction of sp³-hybridized carbons (Fsp3) is 0.684. The largest absolute Gasteiger partial charge is 0.493 e. The van der Waals surface area contributed by atoms with E-state index < -0.39 is 0 Å². The lowest BCUT2D eigenvalue weighted by molar-refractivity contribution is -0.0435. The van der Waals surface area contributed by atoms with Crippen LogP contribution in [0.1, 0.15) is 42.9 Å². The summed E-state index contributed by atoms with van der Waals surface area (Å²) in [6, 6.07) is 4.17. The van der Waals surface area contributed by atoms with Gasteiger partial charge in [0, 0.05) is 5.88 Å². The first-order valence-corrected chi connectivity index (χ1v) is 9.25. The highest BCUT2D eigenvalue weighted by atomic mass is 35.5. The van der Waals surface area contributed by atoms with Gasteiger partial charge in [0.1, 0.15) is 6.10 Å². The molecule has 1 atom stereocenters. The lowest BCUT2D eigenvalue weighted by atomic mass is 9.80. The van der Waals surface area contributed by atoms with E-state index in [4.69, 9.17) is 30.5 Å². The third-order valence-corrected chi connectivity index (χ3v) is 5.46. The topological polar surface area (TPSA) is 36.9 Å². The Balaban J connectivity index is 1.94. The number of methoxy groups -OCH3 is 2. The third-order valence-electron chi connectivity index (χ3n) is 5.30. The molecule has 4 nitrogen and oxygen atoms in total. The van der Waals surface area contributed by atoms with E-state index in [0.717, 1.165) is 30.1 Å². The maximum absolute atomic E-state index is 6.32. The van der Waals surface area contributed by atoms with Crippen LogP contribution in [0.5, 0.6) is 11.5 Å². The van der Waals surface area contributed by atoms with E-state index in [2.05, 4.69) is 12.1 Å². The van der Waals surface area contributed by atoms with E-state index >= 15 is 0 Å². The van der Waals surface area contributed by atoms with Gasteiger partial charge >= 0.3 is 0 Å². The Hall–Kier alpha value is -0.970. The molecular weight excluding hydrogens is 328 g/mol. The summed E-state index contributed by atoms with van der Waals surface area (Å²) in [4.78, 5) is 0. The average molecular weight is 355 g/mol. The standard InChI is InChI=1S/C19H27ClO4/c1-21-16-9-14-11-19(5-3-4-6-19)13-24-18(12-23-8-7-20)15(14)10-17(16)22-2/h9-10,18H,3-8,11-13H2,1-2H3. The summed E-state index contributed by atoms with van der Waals surface area (Å²) < 4.78 is 23.0. The minimum atomic E-state index is -0.0806. The number of benzene rings is 1. The van der Waals surface area contributed by atoms with Crippen molar-refractivity contribution >= 4 is 11.6 Å². The molecule has 24 heavy (non-hydrogen) atoms. The van der Waals surface area contributed by atoms with Crippen molar-refractivity contribution in [3.05, 3.63) is 23.3 Å². The van der Waals surface area contributed by atoms with Crippen molar-refractivity contribution in [1.82, 2.24) is 0 Å². The molecule has 0 saturated heterocycles. The van der Waals surface area contributed by atoms with Gasteiger partial charge in [0.05, 0.1) is 34.0 Å². The number of halogens is 1. The van der Waals surface area contributed by atoms with Gasteiger partial charge in [0.2, 0.25) is 0 Å². The number of fused-ring (bicyclic) bond motifs is 1. The zero-order valence-corrected chi connectivity index (χ0v) is 15.4. The van der Waals surface area contributed by atoms with Gasteiger partial charge in [-0.1, -0.05) is 12.8 Å². The quantitative estimate of drug-likeness (QED) is 0.568. The van der Waals surface area contributed by atoms with E-state index in [0.29, 0.717) is 19.1 Å². The average Bonchev–Trinajstić information content (AvgIpc) is 3.00. The van der Waals surface area contributed by atoms with Gasteiger partial charge in [-0.25, -0.2) is 0 Å². The molecular formula is C19H27ClO4. The Labute approximate surface area is 149 Å². The van der Waals surface area contributed by atoms with Crippen LogP contribution in [-0.2, 0) is 15.9 Å². The Morgan fingerprint density at radius 3 is 2.54 bits per heavy atom. The molecule has 0 aromatic heterocycles. The predicted molar refractivity (Wildman–Crippen MR) is 94.4 cm³/mol. The number of hydrogen-bond acceptors (Lipinski definition) is 4. The van der Waals surface area contributed by atoms with Crippen LogP contribution < -0.4 is 9.47 Å². The molecule has 1 heterocycles. The number of hydrogen-bond donors (Lipinski definition) is 0. The highest BCUT2D eigenvalue weighted by molar-refractivity contribution is 6.17. The maximum atomic E-state index is 6.32. The van der Waals surface area contributed by atoms with Crippen molar-refractivity contribution in [2.24, 2.45) is 5.41 Å². The van der Waals surface area contributed by atoms with Crippen LogP contribution in [0.4, 0.5) is 0 Å². The SMILES string of the molecule is COc1cc2c(cc1OC)C(COCCCl)OCC1(CCCC1)C2. The third kappa shape index (κ3) is 3.66. The van der Waals surface area contributed by atoms with Gasteiger partial charge in [-0.3, -0.25) is 0 Å². The predicted octanol–water partition coefficient (Wildman–Crippen LogP) is 4.13. The molecule has 0 bridgehead atoms. The minimum Gasteiger partial charge on any atom is -0.493 e. The monoisotopic (exact) mass is 354 g/mol. The second-order valence-corrected chi connectivity index (χ2v) is 7.23. The van der Waals surface area contributed by atoms with E-state index in [1.165, 1.54) is 31.2 Å². The van der Waals surface area contributed by atoms with Crippen LogP contribution in [-0.4, -0.2) is 39.9 Å². The Morgan fingerprint density at radius 2 is 1.88 bits per heavy atom. The van der Waals surface area contributed by atoms with Crippen molar-refractivity contribution in [2.75, 3.05) is 39.9 Å². The Kier molecular flexibility index (Phi) is 5.90. The highest BCUT2D eigenvalue weighted by Gasteiger charge is 2.39. The molecule has 0 N–H and O–H groups in total. The second-order valence-electron chi connectivity index (χ2n) is 6.85. The zero-order chi connectivity index (χ0) is 17.0. The van der Waals surface area contributed by atoms with Crippen LogP contribution in [0.3, 0.4) is 0 Å². The molecule has 3 rings (SSSR count). The lowest BCUT2D eigenvalue weighted by Crippen LogP contribution is -2.25. The Morgan fingerprint density at radius 1 is 1.17 bits per heavy atom. The molecule has 2 aliphatic rings. The van der Waals surface area contributed by atoms with Gasteiger partial charge in [-0.05, 0) is 47.9 Å². The first kappa shape index (κ1) is 17.8. The fourth-order valence-corrected chi connectivity index (χ4v) is 4.15. The van der Waals surface area contributed by atoms with Crippen molar-refractivity contribution < 1.29 is 18.9 Å². The molecule has 134 valence electrons. The van der Waals surface area contributed by atoms with Crippen LogP contribution in [0.25, 0.3) is 0 Å². The molecule has 1 unspecified atom stereocenters. The second kappa shape index (κ2) is 7.94. The first-order valence-electron chi connectivity index (χ1n) is 8.71. The Bertz CT molecular complexity index is 555. The van der Waals surface area contributed by atoms with Gasteiger partial charge < -0.3 is 18.9 Å². The van der Waals surface area contributed by atoms with Crippen molar-refractivity contribution in [3.63, 3.8) is 0 Å². The summed E-state index contributed by atoms with van der Waals surface area (Å²) >= 11 is 5.74. The molecule has 0 amide bonds. The molecule has 1 saturated carbocycles. The molecule has 5 heteroatoms. The molecule has 1 aromatic carbocycles. The van der Waals surface area contributed by atoms with Crippen molar-refractivity contribution in [2.45, 2.75) is 38.2 Å². The van der Waals surface area contributed by atoms with Crippen LogP contribution in [0.15, 0.2) is 12.1 Å². The summed E-state index contributed by atoms with van der Waals surface area (Å²) in [6.07, 6.45) is 6.00. The van der Waals surface area contributed by atoms with E-state index in [1.807, 2.05) is 0 Å². The highest BCUT2D eigenvalue weighted by Crippen LogP contribution is 2.47. The van der Waals surface area contributed by atoms with Gasteiger partial charge in [-0.15, -0.1) is 11.6 Å². The summed E-state index contributed by atoms with van der Waals surface area (Å²) in [5.41, 5.74) is 2.72. The molecule has 1 aromatic rings. The smallest absolute Gasteiger partial charge is 0.161 e. The maximum Gasteiger partial charge on any atom is 0.161 e. The number of ether oxygens (including phenoxy) is 4. The minimum absolute atomic E-state index is 0.0806. The lowest BCUT2D eigenvalue weighted by Gasteiger charge is -2.27. The van der Waals surface area contributed by atoms with E-state index in [9.17, 15) is 0 Å². The van der Waals surface area contributed by atoms with Gasteiger partial charge in [-0.2, -0.15) is 0 Å². The summed E-state index contributed by atoms with van der Waals surface area (Å²) in [7, 11) is 3.35. The van der Waals surface area contributed by atoms with Crippen LogP contribution in [0, 0.1) is 5.41 Å². The molecule has 1 spiro atoms. The zero-order valence-electron chi connectivity index (χ0n) is 14.6. The van der Waals surface area contributed by atoms with Gasteiger partial charge in [0.15, 0.2) is 11.5 Å². The summed E-state index contributed by atoms with van der Waals surface area (Å²) in [6.45, 7) is 1.85. The van der Waals surface area contributed by atoms with E-state index in [-0.39, 0.29) is 11.5 Å². The van der Waals surface area contributed by atoms with Crippen molar-refractivity contribution in [1.29, 1.82) is 0 Å². The fourth-order valence-electron chi connectivity index (χ4n) is 4.04. The molecule has 0 radical (unpaired) electrons. The van der Waals surface area contributed by atoms with Gasteiger partial charge in [0.25, 0.3) is 0 Å². The van der Waals surface area contributed by atoms with E-state index in [1.54, 1.807) is 14.2 Å². The molecule has 1 aliphatic carbocycles. The van der Waals surface area contributed by atoms with Crippen molar-refractivity contribution in [3.8, 4) is 11.5 Å². The normalized spacial score (nSPS) is 22.2. The number of alkyl halides is 1.